The average molecular weight is 366 g/mol. The SMILES string of the molecule is O=C(CSCc1nnnn1C1CCCC1)NCC(=O)N1CCCCC1. The molecule has 0 aromatic carbocycles. The molecule has 0 radical (unpaired) electrons. The number of piperidine rings is 1. The number of hydrogen-bond donors (Lipinski definition) is 1. The zero-order valence-corrected chi connectivity index (χ0v) is 15.3. The Morgan fingerprint density at radius 2 is 1.88 bits per heavy atom. The van der Waals surface area contributed by atoms with E-state index in [4.69, 9.17) is 0 Å². The number of thioether (sulfide) groups is 1. The van der Waals surface area contributed by atoms with Crippen molar-refractivity contribution in [3.05, 3.63) is 5.82 Å². The van der Waals surface area contributed by atoms with E-state index in [1.54, 1.807) is 0 Å². The maximum Gasteiger partial charge on any atom is 0.241 e. The Labute approximate surface area is 152 Å². The molecule has 9 heteroatoms. The van der Waals surface area contributed by atoms with E-state index in [9.17, 15) is 9.59 Å². The number of amides is 2. The summed E-state index contributed by atoms with van der Waals surface area (Å²) >= 11 is 1.48. The maximum atomic E-state index is 12.0. The fourth-order valence-electron chi connectivity index (χ4n) is 3.46. The van der Waals surface area contributed by atoms with Gasteiger partial charge in [0, 0.05) is 13.1 Å². The van der Waals surface area contributed by atoms with Gasteiger partial charge in [-0.3, -0.25) is 9.59 Å². The van der Waals surface area contributed by atoms with Crippen LogP contribution in [0, 0.1) is 0 Å². The smallest absolute Gasteiger partial charge is 0.241 e. The first-order valence-electron chi connectivity index (χ1n) is 9.13. The molecule has 0 unspecified atom stereocenters. The van der Waals surface area contributed by atoms with E-state index in [-0.39, 0.29) is 18.4 Å². The van der Waals surface area contributed by atoms with Crippen LogP contribution in [0.4, 0.5) is 0 Å². The van der Waals surface area contributed by atoms with Crippen molar-refractivity contribution in [1.29, 1.82) is 0 Å². The highest BCUT2D eigenvalue weighted by atomic mass is 32.2. The van der Waals surface area contributed by atoms with Crippen molar-refractivity contribution in [2.45, 2.75) is 56.7 Å². The van der Waals surface area contributed by atoms with Crippen molar-refractivity contribution < 1.29 is 9.59 Å². The molecule has 1 N–H and O–H groups in total. The number of aromatic nitrogens is 4. The largest absolute Gasteiger partial charge is 0.346 e. The molecule has 1 saturated heterocycles. The summed E-state index contributed by atoms with van der Waals surface area (Å²) in [7, 11) is 0. The number of nitrogens with zero attached hydrogens (tertiary/aromatic N) is 5. The van der Waals surface area contributed by atoms with E-state index in [2.05, 4.69) is 20.8 Å². The Bertz CT molecular complexity index is 581. The first kappa shape index (κ1) is 18.2. The molecule has 8 nitrogen and oxygen atoms in total. The Morgan fingerprint density at radius 1 is 1.12 bits per heavy atom. The van der Waals surface area contributed by atoms with Crippen molar-refractivity contribution in [3.63, 3.8) is 0 Å². The topological polar surface area (TPSA) is 93.0 Å². The van der Waals surface area contributed by atoms with Crippen LogP contribution in [0.3, 0.4) is 0 Å². The molecule has 25 heavy (non-hydrogen) atoms. The first-order valence-corrected chi connectivity index (χ1v) is 10.3. The number of rotatable bonds is 7. The Morgan fingerprint density at radius 3 is 2.64 bits per heavy atom. The quantitative estimate of drug-likeness (QED) is 0.778. The molecule has 1 aliphatic heterocycles. The normalized spacial score (nSPS) is 18.5. The fourth-order valence-corrected chi connectivity index (χ4v) is 4.22. The van der Waals surface area contributed by atoms with Crippen molar-refractivity contribution in [2.75, 3.05) is 25.4 Å². The lowest BCUT2D eigenvalue weighted by Crippen LogP contribution is -2.42. The minimum absolute atomic E-state index is 0.0169. The van der Waals surface area contributed by atoms with Gasteiger partial charge >= 0.3 is 0 Å². The Balaban J connectivity index is 1.35. The van der Waals surface area contributed by atoms with Crippen LogP contribution in [0.1, 0.15) is 56.8 Å². The second-order valence-corrected chi connectivity index (χ2v) is 7.67. The van der Waals surface area contributed by atoms with Crippen LogP contribution in [0.2, 0.25) is 0 Å². The number of carbonyl (C=O) groups excluding carboxylic acids is 2. The van der Waals surface area contributed by atoms with Crippen molar-refractivity contribution in [2.24, 2.45) is 0 Å². The molecule has 1 aliphatic carbocycles. The molecule has 0 spiro atoms. The summed E-state index contributed by atoms with van der Waals surface area (Å²) in [5.41, 5.74) is 0. The zero-order chi connectivity index (χ0) is 17.5. The van der Waals surface area contributed by atoms with E-state index in [0.29, 0.717) is 17.5 Å². The highest BCUT2D eigenvalue weighted by Crippen LogP contribution is 2.29. The van der Waals surface area contributed by atoms with E-state index >= 15 is 0 Å². The van der Waals surface area contributed by atoms with Crippen LogP contribution in [-0.4, -0.2) is 62.3 Å². The van der Waals surface area contributed by atoms with E-state index in [1.807, 2.05) is 9.58 Å². The van der Waals surface area contributed by atoms with Gasteiger partial charge in [-0.25, -0.2) is 4.68 Å². The molecule has 2 fully saturated rings. The molecule has 2 heterocycles. The average Bonchev–Trinajstić information content (AvgIpc) is 3.31. The molecular weight excluding hydrogens is 340 g/mol. The molecule has 2 amide bonds. The lowest BCUT2D eigenvalue weighted by atomic mass is 10.1. The first-order chi connectivity index (χ1) is 12.2. The summed E-state index contributed by atoms with van der Waals surface area (Å²) in [6, 6.07) is 0.404. The van der Waals surface area contributed by atoms with E-state index < -0.39 is 0 Å². The monoisotopic (exact) mass is 366 g/mol. The Hall–Kier alpha value is -1.64. The summed E-state index contributed by atoms with van der Waals surface area (Å²) < 4.78 is 1.91. The minimum atomic E-state index is -0.116. The highest BCUT2D eigenvalue weighted by molar-refractivity contribution is 7.99. The third kappa shape index (κ3) is 5.17. The minimum Gasteiger partial charge on any atom is -0.346 e. The fraction of sp³-hybridized carbons (Fsp3) is 0.812. The van der Waals surface area contributed by atoms with Gasteiger partial charge in [0.1, 0.15) is 0 Å². The van der Waals surface area contributed by atoms with Crippen LogP contribution < -0.4 is 5.32 Å². The summed E-state index contributed by atoms with van der Waals surface area (Å²) in [4.78, 5) is 25.8. The molecule has 2 aliphatic rings. The Kier molecular flexibility index (Phi) is 6.66. The number of carbonyl (C=O) groups is 2. The van der Waals surface area contributed by atoms with Gasteiger partial charge < -0.3 is 10.2 Å². The highest BCUT2D eigenvalue weighted by Gasteiger charge is 2.21. The van der Waals surface area contributed by atoms with Crippen LogP contribution in [0.5, 0.6) is 0 Å². The zero-order valence-electron chi connectivity index (χ0n) is 14.5. The number of likely N-dealkylation sites (tertiary alicyclic amines) is 1. The molecule has 138 valence electrons. The molecule has 3 rings (SSSR count). The molecule has 1 aromatic rings. The summed E-state index contributed by atoms with van der Waals surface area (Å²) in [6.45, 7) is 1.72. The summed E-state index contributed by atoms with van der Waals surface area (Å²) in [5, 5.41) is 14.7. The lowest BCUT2D eigenvalue weighted by Gasteiger charge is -2.26. The van der Waals surface area contributed by atoms with Crippen LogP contribution >= 0.6 is 11.8 Å². The van der Waals surface area contributed by atoms with Gasteiger partial charge in [0.2, 0.25) is 11.8 Å². The van der Waals surface area contributed by atoms with Gasteiger partial charge in [-0.1, -0.05) is 12.8 Å². The van der Waals surface area contributed by atoms with Gasteiger partial charge in [-0.15, -0.1) is 16.9 Å². The van der Waals surface area contributed by atoms with Gasteiger partial charge in [0.05, 0.1) is 24.1 Å². The molecule has 1 saturated carbocycles. The summed E-state index contributed by atoms with van der Waals surface area (Å²) in [6.07, 6.45) is 8.02. The standard InChI is InChI=1S/C16H26N6O2S/c23-15(17-10-16(24)21-8-4-1-5-9-21)12-25-11-14-18-19-20-22(14)13-6-2-3-7-13/h13H,1-12H2,(H,17,23). The van der Waals surface area contributed by atoms with Crippen molar-refractivity contribution >= 4 is 23.6 Å². The van der Waals surface area contributed by atoms with Crippen molar-refractivity contribution in [1.82, 2.24) is 30.4 Å². The predicted molar refractivity (Wildman–Crippen MR) is 94.9 cm³/mol. The number of nitrogens with one attached hydrogen (secondary N) is 1. The van der Waals surface area contributed by atoms with Gasteiger partial charge in [-0.05, 0) is 42.5 Å². The van der Waals surface area contributed by atoms with Gasteiger partial charge in [-0.2, -0.15) is 0 Å². The molecule has 0 bridgehead atoms. The van der Waals surface area contributed by atoms with Gasteiger partial charge in [0.25, 0.3) is 0 Å². The molecule has 1 aromatic heterocycles. The third-order valence-corrected chi connectivity index (χ3v) is 5.77. The van der Waals surface area contributed by atoms with Crippen LogP contribution in [0.25, 0.3) is 0 Å². The molecule has 0 atom stereocenters. The van der Waals surface area contributed by atoms with Gasteiger partial charge in [0.15, 0.2) is 5.82 Å². The predicted octanol–water partition coefficient (Wildman–Crippen LogP) is 1.15. The maximum absolute atomic E-state index is 12.0. The second kappa shape index (κ2) is 9.17. The van der Waals surface area contributed by atoms with E-state index in [1.165, 1.54) is 31.0 Å². The van der Waals surface area contributed by atoms with Crippen LogP contribution in [0.15, 0.2) is 0 Å². The van der Waals surface area contributed by atoms with Crippen molar-refractivity contribution in [3.8, 4) is 0 Å². The summed E-state index contributed by atoms with van der Waals surface area (Å²) in [5.74, 6) is 1.65. The third-order valence-electron chi connectivity index (χ3n) is 4.84. The second-order valence-electron chi connectivity index (χ2n) is 6.69. The number of tetrazole rings is 1. The van der Waals surface area contributed by atoms with E-state index in [0.717, 1.165) is 44.6 Å². The molecular formula is C16H26N6O2S. The van der Waals surface area contributed by atoms with Crippen LogP contribution in [-0.2, 0) is 15.3 Å². The lowest BCUT2D eigenvalue weighted by molar-refractivity contribution is -0.133. The number of hydrogen-bond acceptors (Lipinski definition) is 6.